The molecule has 4 heteroatoms. The number of rotatable bonds is 6. The molecule has 1 aliphatic heterocycles. The summed E-state index contributed by atoms with van der Waals surface area (Å²) in [7, 11) is 0. The van der Waals surface area contributed by atoms with Crippen LogP contribution >= 0.6 is 0 Å². The van der Waals surface area contributed by atoms with Gasteiger partial charge in [0.2, 0.25) is 5.91 Å². The Balaban J connectivity index is 2.49. The number of ether oxygens (including phenoxy) is 1. The van der Waals surface area contributed by atoms with Crippen molar-refractivity contribution in [1.29, 1.82) is 0 Å². The van der Waals surface area contributed by atoms with Crippen LogP contribution < -0.4 is 5.73 Å². The highest BCUT2D eigenvalue weighted by Gasteiger charge is 2.33. The third-order valence-electron chi connectivity index (χ3n) is 4.16. The fourth-order valence-corrected chi connectivity index (χ4v) is 2.79. The molecule has 1 amide bonds. The van der Waals surface area contributed by atoms with Crippen LogP contribution in [0.1, 0.15) is 47.0 Å². The number of amides is 1. The van der Waals surface area contributed by atoms with E-state index < -0.39 is 0 Å². The van der Waals surface area contributed by atoms with Crippen molar-refractivity contribution in [3.8, 4) is 0 Å². The molecule has 1 aliphatic rings. The summed E-state index contributed by atoms with van der Waals surface area (Å²) in [5.41, 5.74) is 5.48. The first-order valence-corrected chi connectivity index (χ1v) is 7.46. The number of hydrogen-bond acceptors (Lipinski definition) is 3. The van der Waals surface area contributed by atoms with Crippen molar-refractivity contribution in [2.45, 2.75) is 52.5 Å². The van der Waals surface area contributed by atoms with Crippen LogP contribution in [0.2, 0.25) is 0 Å². The lowest BCUT2D eigenvalue weighted by Crippen LogP contribution is -2.55. The molecule has 0 radical (unpaired) electrons. The van der Waals surface area contributed by atoms with E-state index >= 15 is 0 Å². The topological polar surface area (TPSA) is 55.6 Å². The van der Waals surface area contributed by atoms with Gasteiger partial charge in [0.1, 0.15) is 0 Å². The quantitative estimate of drug-likeness (QED) is 0.803. The Morgan fingerprint density at radius 1 is 1.37 bits per heavy atom. The smallest absolute Gasteiger partial charge is 0.223 e. The standard InChI is InChI=1S/C15H30N2O2/c1-12(2)13(7-8-16)5-6-14(18)17-9-10-19-11-15(17,3)4/h12-13H,5-11,16H2,1-4H3. The van der Waals surface area contributed by atoms with Gasteiger partial charge in [-0.05, 0) is 45.1 Å². The van der Waals surface area contributed by atoms with Crippen LogP contribution in [-0.2, 0) is 9.53 Å². The normalized spacial score (nSPS) is 20.6. The first-order chi connectivity index (χ1) is 8.88. The molecule has 0 bridgehead atoms. The minimum atomic E-state index is -0.170. The molecule has 4 nitrogen and oxygen atoms in total. The molecule has 0 saturated carbocycles. The van der Waals surface area contributed by atoms with E-state index in [0.29, 0.717) is 38.0 Å². The van der Waals surface area contributed by atoms with Gasteiger partial charge in [-0.15, -0.1) is 0 Å². The molecule has 1 heterocycles. The van der Waals surface area contributed by atoms with E-state index in [4.69, 9.17) is 10.5 Å². The van der Waals surface area contributed by atoms with Gasteiger partial charge in [0, 0.05) is 13.0 Å². The Labute approximate surface area is 117 Å². The van der Waals surface area contributed by atoms with E-state index in [1.165, 1.54) is 0 Å². The molecule has 1 atom stereocenters. The number of carbonyl (C=O) groups is 1. The summed E-state index contributed by atoms with van der Waals surface area (Å²) < 4.78 is 5.46. The summed E-state index contributed by atoms with van der Waals surface area (Å²) >= 11 is 0. The van der Waals surface area contributed by atoms with Crippen molar-refractivity contribution in [2.75, 3.05) is 26.3 Å². The summed E-state index contributed by atoms with van der Waals surface area (Å²) in [5.74, 6) is 1.41. The van der Waals surface area contributed by atoms with E-state index in [9.17, 15) is 4.79 Å². The fraction of sp³-hybridized carbons (Fsp3) is 0.933. The lowest BCUT2D eigenvalue weighted by Gasteiger charge is -2.42. The minimum absolute atomic E-state index is 0.170. The Hall–Kier alpha value is -0.610. The summed E-state index contributed by atoms with van der Waals surface area (Å²) in [6.45, 7) is 11.3. The van der Waals surface area contributed by atoms with Crippen molar-refractivity contribution < 1.29 is 9.53 Å². The predicted molar refractivity (Wildman–Crippen MR) is 77.8 cm³/mol. The Morgan fingerprint density at radius 2 is 2.05 bits per heavy atom. The van der Waals surface area contributed by atoms with Crippen LogP contribution in [-0.4, -0.2) is 42.6 Å². The molecular weight excluding hydrogens is 240 g/mol. The zero-order chi connectivity index (χ0) is 14.5. The van der Waals surface area contributed by atoms with Gasteiger partial charge in [-0.2, -0.15) is 0 Å². The van der Waals surface area contributed by atoms with Crippen LogP contribution in [0.5, 0.6) is 0 Å². The van der Waals surface area contributed by atoms with E-state index in [1.54, 1.807) is 0 Å². The molecule has 2 N–H and O–H groups in total. The highest BCUT2D eigenvalue weighted by molar-refractivity contribution is 5.77. The average molecular weight is 270 g/mol. The molecule has 0 aliphatic carbocycles. The molecule has 19 heavy (non-hydrogen) atoms. The Kier molecular flexibility index (Phi) is 6.27. The van der Waals surface area contributed by atoms with Gasteiger partial charge in [-0.25, -0.2) is 0 Å². The second kappa shape index (κ2) is 7.25. The van der Waals surface area contributed by atoms with Crippen LogP contribution in [0, 0.1) is 11.8 Å². The summed E-state index contributed by atoms with van der Waals surface area (Å²) in [6.07, 6.45) is 2.59. The number of hydrogen-bond donors (Lipinski definition) is 1. The molecule has 0 aromatic heterocycles. The van der Waals surface area contributed by atoms with E-state index in [1.807, 2.05) is 4.90 Å². The zero-order valence-electron chi connectivity index (χ0n) is 12.9. The highest BCUT2D eigenvalue weighted by atomic mass is 16.5. The van der Waals surface area contributed by atoms with E-state index in [-0.39, 0.29) is 11.4 Å². The van der Waals surface area contributed by atoms with Crippen molar-refractivity contribution in [2.24, 2.45) is 17.6 Å². The maximum absolute atomic E-state index is 12.4. The highest BCUT2D eigenvalue weighted by Crippen LogP contribution is 2.24. The van der Waals surface area contributed by atoms with Gasteiger partial charge in [0.25, 0.3) is 0 Å². The van der Waals surface area contributed by atoms with Gasteiger partial charge in [-0.1, -0.05) is 13.8 Å². The lowest BCUT2D eigenvalue weighted by molar-refractivity contribution is -0.146. The first kappa shape index (κ1) is 16.4. The third-order valence-corrected chi connectivity index (χ3v) is 4.16. The van der Waals surface area contributed by atoms with Crippen LogP contribution in [0.4, 0.5) is 0 Å². The third kappa shape index (κ3) is 4.77. The van der Waals surface area contributed by atoms with Crippen LogP contribution in [0.25, 0.3) is 0 Å². The predicted octanol–water partition coefficient (Wildman–Crippen LogP) is 2.02. The van der Waals surface area contributed by atoms with Gasteiger partial charge in [-0.3, -0.25) is 4.79 Å². The molecule has 1 rings (SSSR count). The second-order valence-electron chi connectivity index (χ2n) is 6.53. The van der Waals surface area contributed by atoms with Crippen molar-refractivity contribution in [3.05, 3.63) is 0 Å². The molecule has 0 aromatic rings. The van der Waals surface area contributed by atoms with Crippen LogP contribution in [0.3, 0.4) is 0 Å². The first-order valence-electron chi connectivity index (χ1n) is 7.46. The number of carbonyl (C=O) groups excluding carboxylic acids is 1. The van der Waals surface area contributed by atoms with Crippen LogP contribution in [0.15, 0.2) is 0 Å². The Bertz CT molecular complexity index is 290. The van der Waals surface area contributed by atoms with Gasteiger partial charge < -0.3 is 15.4 Å². The Morgan fingerprint density at radius 3 is 2.58 bits per heavy atom. The van der Waals surface area contributed by atoms with Crippen molar-refractivity contribution in [3.63, 3.8) is 0 Å². The SMILES string of the molecule is CC(C)C(CCN)CCC(=O)N1CCOCC1(C)C. The van der Waals surface area contributed by atoms with Gasteiger partial charge in [0.05, 0.1) is 18.8 Å². The molecule has 0 spiro atoms. The summed E-state index contributed by atoms with van der Waals surface area (Å²) in [6, 6.07) is 0. The number of morpholine rings is 1. The van der Waals surface area contributed by atoms with E-state index in [2.05, 4.69) is 27.7 Å². The largest absolute Gasteiger partial charge is 0.377 e. The maximum Gasteiger partial charge on any atom is 0.223 e. The monoisotopic (exact) mass is 270 g/mol. The summed E-state index contributed by atoms with van der Waals surface area (Å²) in [4.78, 5) is 14.4. The van der Waals surface area contributed by atoms with Crippen molar-refractivity contribution in [1.82, 2.24) is 4.90 Å². The second-order valence-corrected chi connectivity index (χ2v) is 6.53. The molecular formula is C15H30N2O2. The maximum atomic E-state index is 12.4. The molecule has 1 saturated heterocycles. The molecule has 1 fully saturated rings. The van der Waals surface area contributed by atoms with Gasteiger partial charge in [0.15, 0.2) is 0 Å². The molecule has 1 unspecified atom stereocenters. The van der Waals surface area contributed by atoms with E-state index in [0.717, 1.165) is 19.4 Å². The van der Waals surface area contributed by atoms with Gasteiger partial charge >= 0.3 is 0 Å². The lowest BCUT2D eigenvalue weighted by atomic mass is 9.88. The molecule has 0 aromatic carbocycles. The fourth-order valence-electron chi connectivity index (χ4n) is 2.79. The summed E-state index contributed by atoms with van der Waals surface area (Å²) in [5, 5.41) is 0. The molecule has 112 valence electrons. The number of nitrogens with two attached hydrogens (primary N) is 1. The number of nitrogens with zero attached hydrogens (tertiary/aromatic N) is 1. The average Bonchev–Trinajstić information content (AvgIpc) is 2.33. The van der Waals surface area contributed by atoms with Crippen molar-refractivity contribution >= 4 is 5.91 Å². The minimum Gasteiger partial charge on any atom is -0.377 e. The zero-order valence-corrected chi connectivity index (χ0v) is 12.9.